The molecule has 2 aromatic carbocycles. The average molecular weight is 382 g/mol. The van der Waals surface area contributed by atoms with Crippen LogP contribution in [-0.4, -0.2) is 49.3 Å². The van der Waals surface area contributed by atoms with Crippen molar-refractivity contribution < 1.29 is 18.9 Å². The van der Waals surface area contributed by atoms with Gasteiger partial charge in [0.05, 0.1) is 13.2 Å². The largest absolute Gasteiger partial charge is 0.485 e. The number of hydrogen-bond donors (Lipinski definition) is 4. The van der Waals surface area contributed by atoms with Gasteiger partial charge in [0, 0.05) is 11.1 Å². The minimum absolute atomic E-state index is 0.00706. The highest BCUT2D eigenvalue weighted by Gasteiger charge is 2.50. The zero-order valence-corrected chi connectivity index (χ0v) is 15.1. The van der Waals surface area contributed by atoms with Crippen LogP contribution < -0.4 is 20.9 Å². The van der Waals surface area contributed by atoms with Crippen molar-refractivity contribution in [2.24, 2.45) is 11.5 Å². The van der Waals surface area contributed by atoms with Crippen LogP contribution in [0.3, 0.4) is 0 Å². The van der Waals surface area contributed by atoms with E-state index in [4.69, 9.17) is 41.2 Å². The molecule has 0 amide bonds. The Morgan fingerprint density at radius 3 is 1.93 bits per heavy atom. The molecule has 0 unspecified atom stereocenters. The van der Waals surface area contributed by atoms with Crippen molar-refractivity contribution in [1.29, 1.82) is 10.8 Å². The van der Waals surface area contributed by atoms with E-state index in [1.54, 1.807) is 42.5 Å². The Morgan fingerprint density at radius 1 is 0.786 bits per heavy atom. The summed E-state index contributed by atoms with van der Waals surface area (Å²) >= 11 is 0. The van der Waals surface area contributed by atoms with Gasteiger partial charge in [0.25, 0.3) is 0 Å². The van der Waals surface area contributed by atoms with Gasteiger partial charge >= 0.3 is 0 Å². The number of nitrogens with two attached hydrogens (primary N) is 2. The van der Waals surface area contributed by atoms with Gasteiger partial charge in [-0.3, -0.25) is 10.8 Å². The van der Waals surface area contributed by atoms with E-state index in [-0.39, 0.29) is 36.1 Å². The van der Waals surface area contributed by atoms with E-state index >= 15 is 0 Å². The van der Waals surface area contributed by atoms with E-state index in [1.165, 1.54) is 0 Å². The molecule has 8 heteroatoms. The van der Waals surface area contributed by atoms with Crippen LogP contribution in [0.15, 0.2) is 48.5 Å². The van der Waals surface area contributed by atoms with Gasteiger partial charge < -0.3 is 30.4 Å². The second-order valence-electron chi connectivity index (χ2n) is 6.79. The maximum Gasteiger partial charge on any atom is 0.151 e. The molecular formula is C20H22N4O4. The van der Waals surface area contributed by atoms with Crippen LogP contribution in [0.2, 0.25) is 0 Å². The minimum Gasteiger partial charge on any atom is -0.485 e. The number of hydrogen-bond acceptors (Lipinski definition) is 6. The summed E-state index contributed by atoms with van der Waals surface area (Å²) in [6.45, 7) is 0.792. The molecule has 2 aromatic rings. The maximum absolute atomic E-state index is 7.54. The molecular weight excluding hydrogens is 360 g/mol. The van der Waals surface area contributed by atoms with Crippen LogP contribution in [0.1, 0.15) is 11.1 Å². The highest BCUT2D eigenvalue weighted by Crippen LogP contribution is 2.32. The lowest BCUT2D eigenvalue weighted by Gasteiger charge is -2.19. The lowest BCUT2D eigenvalue weighted by atomic mass is 10.1. The smallest absolute Gasteiger partial charge is 0.151 e. The van der Waals surface area contributed by atoms with Crippen molar-refractivity contribution in [3.05, 3.63) is 59.7 Å². The van der Waals surface area contributed by atoms with Crippen LogP contribution in [0.25, 0.3) is 0 Å². The molecule has 2 aliphatic rings. The topological polar surface area (TPSA) is 137 Å². The SMILES string of the molecule is N=C(N)c1ccc(O[C@@H]2CO[C@H]3[C@@H]2OC[C@@H]3Oc2cccc(C(=N)N)c2)cc1. The molecule has 4 atom stereocenters. The van der Waals surface area contributed by atoms with Gasteiger partial charge in [-0.05, 0) is 36.4 Å². The summed E-state index contributed by atoms with van der Waals surface area (Å²) in [4.78, 5) is 0. The van der Waals surface area contributed by atoms with Crippen LogP contribution in [0, 0.1) is 10.8 Å². The van der Waals surface area contributed by atoms with Gasteiger partial charge in [0.1, 0.15) is 35.4 Å². The minimum atomic E-state index is -0.263. The van der Waals surface area contributed by atoms with Gasteiger partial charge in [0.15, 0.2) is 12.2 Å². The van der Waals surface area contributed by atoms with E-state index in [9.17, 15) is 0 Å². The van der Waals surface area contributed by atoms with E-state index in [0.717, 1.165) is 0 Å². The third-order valence-electron chi connectivity index (χ3n) is 4.85. The van der Waals surface area contributed by atoms with Crippen LogP contribution in [0.5, 0.6) is 11.5 Å². The fourth-order valence-electron chi connectivity index (χ4n) is 3.43. The predicted octanol–water partition coefficient (Wildman–Crippen LogP) is 1.25. The van der Waals surface area contributed by atoms with Crippen molar-refractivity contribution in [3.8, 4) is 11.5 Å². The number of fused-ring (bicyclic) bond motifs is 1. The molecule has 0 aliphatic carbocycles. The Labute approximate surface area is 162 Å². The molecule has 4 rings (SSSR count). The lowest BCUT2D eigenvalue weighted by molar-refractivity contribution is 0.0181. The summed E-state index contributed by atoms with van der Waals surface area (Å²) in [6.07, 6.45) is -0.970. The molecule has 0 bridgehead atoms. The third kappa shape index (κ3) is 3.64. The molecule has 2 saturated heterocycles. The number of rotatable bonds is 6. The Balaban J connectivity index is 1.39. The van der Waals surface area contributed by atoms with E-state index in [1.807, 2.05) is 6.07 Å². The summed E-state index contributed by atoms with van der Waals surface area (Å²) in [5, 5.41) is 15.0. The molecule has 8 nitrogen and oxygen atoms in total. The Morgan fingerprint density at radius 2 is 1.36 bits per heavy atom. The number of nitrogen functional groups attached to an aromatic ring is 2. The molecule has 0 aromatic heterocycles. The van der Waals surface area contributed by atoms with Gasteiger partial charge in [-0.25, -0.2) is 0 Å². The zero-order valence-electron chi connectivity index (χ0n) is 15.1. The third-order valence-corrected chi connectivity index (χ3v) is 4.85. The summed E-state index contributed by atoms with van der Waals surface area (Å²) in [5.41, 5.74) is 12.3. The Hall–Kier alpha value is -3.10. The molecule has 2 aliphatic heterocycles. The number of amidine groups is 2. The first-order valence-electron chi connectivity index (χ1n) is 8.96. The molecule has 28 heavy (non-hydrogen) atoms. The fourth-order valence-corrected chi connectivity index (χ4v) is 3.43. The average Bonchev–Trinajstić information content (AvgIpc) is 3.26. The second kappa shape index (κ2) is 7.49. The number of ether oxygens (including phenoxy) is 4. The van der Waals surface area contributed by atoms with Crippen molar-refractivity contribution in [3.63, 3.8) is 0 Å². The second-order valence-corrected chi connectivity index (χ2v) is 6.79. The molecule has 0 spiro atoms. The summed E-state index contributed by atoms with van der Waals surface area (Å²) in [7, 11) is 0. The van der Waals surface area contributed by atoms with Gasteiger partial charge in [-0.1, -0.05) is 12.1 Å². The Bertz CT molecular complexity index is 886. The van der Waals surface area contributed by atoms with E-state index < -0.39 is 0 Å². The monoisotopic (exact) mass is 382 g/mol. The quantitative estimate of drug-likeness (QED) is 0.438. The van der Waals surface area contributed by atoms with E-state index in [2.05, 4.69) is 0 Å². The molecule has 2 fully saturated rings. The normalized spacial score (nSPS) is 25.9. The van der Waals surface area contributed by atoms with Crippen LogP contribution in [0.4, 0.5) is 0 Å². The van der Waals surface area contributed by atoms with Crippen LogP contribution in [-0.2, 0) is 9.47 Å². The molecule has 0 radical (unpaired) electrons. The summed E-state index contributed by atoms with van der Waals surface area (Å²) < 4.78 is 23.8. The van der Waals surface area contributed by atoms with Gasteiger partial charge in [-0.2, -0.15) is 0 Å². The van der Waals surface area contributed by atoms with Gasteiger partial charge in [0.2, 0.25) is 0 Å². The first kappa shape index (κ1) is 18.3. The summed E-state index contributed by atoms with van der Waals surface area (Å²) in [6, 6.07) is 14.2. The molecule has 6 N–H and O–H groups in total. The molecule has 2 heterocycles. The van der Waals surface area contributed by atoms with E-state index in [0.29, 0.717) is 35.8 Å². The lowest BCUT2D eigenvalue weighted by Crippen LogP contribution is -2.36. The maximum atomic E-state index is 7.54. The van der Waals surface area contributed by atoms with Crippen molar-refractivity contribution in [1.82, 2.24) is 0 Å². The molecule has 0 saturated carbocycles. The van der Waals surface area contributed by atoms with Crippen molar-refractivity contribution in [2.45, 2.75) is 24.4 Å². The van der Waals surface area contributed by atoms with Gasteiger partial charge in [-0.15, -0.1) is 0 Å². The molecule has 146 valence electrons. The number of nitrogens with one attached hydrogen (secondary N) is 2. The number of benzene rings is 2. The zero-order chi connectivity index (χ0) is 19.7. The first-order chi connectivity index (χ1) is 13.5. The fraction of sp³-hybridized carbons (Fsp3) is 0.300. The standard InChI is InChI=1S/C20H22N4O4/c21-19(22)11-4-6-13(7-5-11)27-15-9-25-18-16(10-26-17(15)18)28-14-3-1-2-12(8-14)20(23)24/h1-8,15-18H,9-10H2,(H3,21,22)(H3,23,24)/t15-,16+,17-,18-/m1/s1. The van der Waals surface area contributed by atoms with Crippen molar-refractivity contribution >= 4 is 11.7 Å². The highest BCUT2D eigenvalue weighted by molar-refractivity contribution is 5.95. The summed E-state index contributed by atoms with van der Waals surface area (Å²) in [5.74, 6) is 1.30. The first-order valence-corrected chi connectivity index (χ1v) is 8.96. The Kier molecular flexibility index (Phi) is 4.89. The van der Waals surface area contributed by atoms with Crippen molar-refractivity contribution in [2.75, 3.05) is 13.2 Å². The van der Waals surface area contributed by atoms with Crippen LogP contribution >= 0.6 is 0 Å². The highest BCUT2D eigenvalue weighted by atomic mass is 16.6. The predicted molar refractivity (Wildman–Crippen MR) is 103 cm³/mol.